The highest BCUT2D eigenvalue weighted by molar-refractivity contribution is 6.30. The van der Waals surface area contributed by atoms with E-state index in [9.17, 15) is 9.59 Å². The summed E-state index contributed by atoms with van der Waals surface area (Å²) >= 11 is 5.85. The Morgan fingerprint density at radius 3 is 2.54 bits per heavy atom. The average molecular weight is 372 g/mol. The zero-order valence-electron chi connectivity index (χ0n) is 14.0. The van der Waals surface area contributed by atoms with Crippen molar-refractivity contribution in [3.8, 4) is 11.5 Å². The topological polar surface area (TPSA) is 74.2 Å². The van der Waals surface area contributed by atoms with E-state index in [1.807, 2.05) is 0 Å². The lowest BCUT2D eigenvalue weighted by atomic mass is 10.1. The molecule has 0 aliphatic carbocycles. The van der Waals surface area contributed by atoms with Gasteiger partial charge >= 0.3 is 11.9 Å². The van der Waals surface area contributed by atoms with Crippen molar-refractivity contribution in [2.24, 2.45) is 4.99 Å². The van der Waals surface area contributed by atoms with Gasteiger partial charge in [-0.1, -0.05) is 17.7 Å². The van der Waals surface area contributed by atoms with Crippen molar-refractivity contribution in [3.05, 3.63) is 64.3 Å². The molecule has 0 saturated carbocycles. The van der Waals surface area contributed by atoms with E-state index >= 15 is 0 Å². The number of ether oxygens (including phenoxy) is 3. The minimum Gasteiger partial charge on any atom is -0.493 e. The van der Waals surface area contributed by atoms with E-state index in [2.05, 4.69) is 4.99 Å². The van der Waals surface area contributed by atoms with Crippen LogP contribution in [0.3, 0.4) is 0 Å². The first-order chi connectivity index (χ1) is 12.5. The first kappa shape index (κ1) is 17.7. The predicted molar refractivity (Wildman–Crippen MR) is 96.4 cm³/mol. The van der Waals surface area contributed by atoms with Gasteiger partial charge in [-0.25, -0.2) is 9.79 Å². The molecular weight excluding hydrogens is 358 g/mol. The highest BCUT2D eigenvalue weighted by Gasteiger charge is 2.24. The summed E-state index contributed by atoms with van der Waals surface area (Å²) in [6.45, 7) is 1.29. The van der Waals surface area contributed by atoms with Crippen LogP contribution >= 0.6 is 11.6 Å². The number of hydrogen-bond donors (Lipinski definition) is 0. The van der Waals surface area contributed by atoms with Gasteiger partial charge in [-0.2, -0.15) is 0 Å². The number of carbonyl (C=O) groups is 2. The van der Waals surface area contributed by atoms with Crippen LogP contribution in [0.5, 0.6) is 11.5 Å². The van der Waals surface area contributed by atoms with Gasteiger partial charge in [-0.05, 0) is 48.0 Å². The standard InChI is InChI=1S/C19H14ClNO5/c1-11(22)25-17-10-12(3-8-16(17)24-2)9-15-19(23)26-18(21-15)13-4-6-14(20)7-5-13/h3-10H,1-2H3/b15-9-. The Hall–Kier alpha value is -3.12. The molecule has 0 aromatic heterocycles. The summed E-state index contributed by atoms with van der Waals surface area (Å²) in [6.07, 6.45) is 1.54. The number of hydrogen-bond acceptors (Lipinski definition) is 6. The zero-order chi connectivity index (χ0) is 18.7. The molecule has 0 bridgehead atoms. The van der Waals surface area contributed by atoms with E-state index in [0.29, 0.717) is 21.9 Å². The lowest BCUT2D eigenvalue weighted by molar-refractivity contribution is -0.132. The van der Waals surface area contributed by atoms with E-state index in [0.717, 1.165) is 0 Å². The van der Waals surface area contributed by atoms with Gasteiger partial charge in [0, 0.05) is 17.5 Å². The van der Waals surface area contributed by atoms with Gasteiger partial charge in [0.2, 0.25) is 5.90 Å². The molecule has 1 aliphatic rings. The summed E-state index contributed by atoms with van der Waals surface area (Å²) < 4.78 is 15.5. The first-order valence-electron chi connectivity index (χ1n) is 7.61. The van der Waals surface area contributed by atoms with E-state index in [-0.39, 0.29) is 17.3 Å². The summed E-state index contributed by atoms with van der Waals surface area (Å²) in [5.74, 6) is -0.188. The molecule has 26 heavy (non-hydrogen) atoms. The van der Waals surface area contributed by atoms with Crippen LogP contribution in [0.15, 0.2) is 53.2 Å². The molecule has 0 N–H and O–H groups in total. The maximum Gasteiger partial charge on any atom is 0.363 e. The Bertz CT molecular complexity index is 931. The highest BCUT2D eigenvalue weighted by atomic mass is 35.5. The SMILES string of the molecule is COc1ccc(/C=C2\N=C(c3ccc(Cl)cc3)OC2=O)cc1OC(C)=O. The van der Waals surface area contributed by atoms with Crippen molar-refractivity contribution in [2.45, 2.75) is 6.92 Å². The van der Waals surface area contributed by atoms with Crippen molar-refractivity contribution in [2.75, 3.05) is 7.11 Å². The van der Waals surface area contributed by atoms with Gasteiger partial charge in [-0.3, -0.25) is 4.79 Å². The van der Waals surface area contributed by atoms with E-state index in [4.69, 9.17) is 25.8 Å². The molecule has 0 amide bonds. The molecule has 0 saturated heterocycles. The minimum absolute atomic E-state index is 0.133. The highest BCUT2D eigenvalue weighted by Crippen LogP contribution is 2.30. The molecule has 0 fully saturated rings. The number of carbonyl (C=O) groups excluding carboxylic acids is 2. The fourth-order valence-corrected chi connectivity index (χ4v) is 2.43. The van der Waals surface area contributed by atoms with Crippen LogP contribution in [0.1, 0.15) is 18.1 Å². The lowest BCUT2D eigenvalue weighted by Gasteiger charge is -2.08. The Balaban J connectivity index is 1.92. The van der Waals surface area contributed by atoms with Gasteiger partial charge in [-0.15, -0.1) is 0 Å². The fourth-order valence-electron chi connectivity index (χ4n) is 2.30. The van der Waals surface area contributed by atoms with Crippen LogP contribution in [0, 0.1) is 0 Å². The molecule has 1 heterocycles. The second kappa shape index (κ2) is 7.41. The Morgan fingerprint density at radius 1 is 1.15 bits per heavy atom. The maximum atomic E-state index is 12.1. The largest absolute Gasteiger partial charge is 0.493 e. The van der Waals surface area contributed by atoms with Gasteiger partial charge in [0.25, 0.3) is 0 Å². The molecule has 2 aromatic rings. The minimum atomic E-state index is -0.570. The summed E-state index contributed by atoms with van der Waals surface area (Å²) in [4.78, 5) is 27.5. The van der Waals surface area contributed by atoms with Crippen LogP contribution < -0.4 is 9.47 Å². The zero-order valence-corrected chi connectivity index (χ0v) is 14.7. The molecule has 0 unspecified atom stereocenters. The number of esters is 2. The molecule has 132 valence electrons. The van der Waals surface area contributed by atoms with Gasteiger partial charge < -0.3 is 14.2 Å². The van der Waals surface area contributed by atoms with Gasteiger partial charge in [0.1, 0.15) is 0 Å². The number of methoxy groups -OCH3 is 1. The number of cyclic esters (lactones) is 1. The smallest absolute Gasteiger partial charge is 0.363 e. The molecular formula is C19H14ClNO5. The maximum absolute atomic E-state index is 12.1. The molecule has 6 nitrogen and oxygen atoms in total. The van der Waals surface area contributed by atoms with Crippen molar-refractivity contribution < 1.29 is 23.8 Å². The quantitative estimate of drug-likeness (QED) is 0.466. The first-order valence-corrected chi connectivity index (χ1v) is 7.99. The Morgan fingerprint density at radius 2 is 1.88 bits per heavy atom. The van der Waals surface area contributed by atoms with E-state index in [1.165, 1.54) is 20.1 Å². The number of nitrogens with zero attached hydrogens (tertiary/aromatic N) is 1. The van der Waals surface area contributed by atoms with E-state index < -0.39 is 11.9 Å². The number of rotatable bonds is 4. The molecule has 1 aliphatic heterocycles. The summed E-state index contributed by atoms with van der Waals surface area (Å²) in [7, 11) is 1.47. The number of aliphatic imine (C=N–C) groups is 1. The van der Waals surface area contributed by atoms with Gasteiger partial charge in [0.15, 0.2) is 17.2 Å². The third kappa shape index (κ3) is 3.92. The molecule has 3 rings (SSSR count). The van der Waals surface area contributed by atoms with Crippen molar-refractivity contribution in [1.29, 1.82) is 0 Å². The van der Waals surface area contributed by atoms with Crippen LogP contribution in [-0.2, 0) is 14.3 Å². The normalized spacial score (nSPS) is 14.8. The van der Waals surface area contributed by atoms with Crippen molar-refractivity contribution >= 4 is 35.5 Å². The van der Waals surface area contributed by atoms with Crippen molar-refractivity contribution in [1.82, 2.24) is 0 Å². The number of benzene rings is 2. The molecule has 0 radical (unpaired) electrons. The second-order valence-corrected chi connectivity index (χ2v) is 5.78. The summed E-state index contributed by atoms with van der Waals surface area (Å²) in [5, 5.41) is 0.575. The third-order valence-corrected chi connectivity index (χ3v) is 3.71. The van der Waals surface area contributed by atoms with Crippen LogP contribution in [0.2, 0.25) is 5.02 Å². The van der Waals surface area contributed by atoms with Crippen LogP contribution in [0.25, 0.3) is 6.08 Å². The summed E-state index contributed by atoms with van der Waals surface area (Å²) in [5.41, 5.74) is 1.38. The van der Waals surface area contributed by atoms with Crippen LogP contribution in [0.4, 0.5) is 0 Å². The van der Waals surface area contributed by atoms with Gasteiger partial charge in [0.05, 0.1) is 7.11 Å². The Labute approximate surface area is 154 Å². The predicted octanol–water partition coefficient (Wildman–Crippen LogP) is 3.62. The lowest BCUT2D eigenvalue weighted by Crippen LogP contribution is -2.05. The summed E-state index contributed by atoms with van der Waals surface area (Å²) in [6, 6.07) is 11.7. The molecule has 0 spiro atoms. The fraction of sp³-hybridized carbons (Fsp3) is 0.105. The molecule has 7 heteroatoms. The van der Waals surface area contributed by atoms with E-state index in [1.54, 1.807) is 42.5 Å². The molecule has 2 aromatic carbocycles. The second-order valence-electron chi connectivity index (χ2n) is 5.35. The van der Waals surface area contributed by atoms with Crippen molar-refractivity contribution in [3.63, 3.8) is 0 Å². The average Bonchev–Trinajstić information content (AvgIpc) is 2.96. The van der Waals surface area contributed by atoms with Crippen LogP contribution in [-0.4, -0.2) is 24.9 Å². The Kier molecular flexibility index (Phi) is 5.04. The monoisotopic (exact) mass is 371 g/mol. The number of halogens is 1. The third-order valence-electron chi connectivity index (χ3n) is 3.46. The molecule has 0 atom stereocenters.